The first kappa shape index (κ1) is 11.6. The minimum atomic E-state index is -3.05. The number of alkyl halides is 2. The number of hydrogen-bond donors (Lipinski definition) is 0. The Hall–Kier alpha value is 0.130. The molecule has 0 radical (unpaired) electrons. The Labute approximate surface area is 106 Å². The van der Waals surface area contributed by atoms with Crippen LogP contribution in [0.4, 0.5) is 0 Å². The van der Waals surface area contributed by atoms with Gasteiger partial charge in [-0.1, -0.05) is 56.1 Å². The maximum atomic E-state index is 11.8. The van der Waals surface area contributed by atoms with Crippen LogP contribution >= 0.6 is 31.9 Å². The molecule has 1 aliphatic rings. The van der Waals surface area contributed by atoms with Crippen LogP contribution in [-0.2, 0) is 16.3 Å². The van der Waals surface area contributed by atoms with Gasteiger partial charge in [0.25, 0.3) is 0 Å². The molecule has 0 saturated heterocycles. The van der Waals surface area contributed by atoms with E-state index >= 15 is 0 Å². The molecule has 1 aliphatic heterocycles. The summed E-state index contributed by atoms with van der Waals surface area (Å²) in [6.45, 7) is 0. The van der Waals surface area contributed by atoms with Crippen LogP contribution < -0.4 is 0 Å². The molecule has 0 N–H and O–H groups in total. The molecule has 0 amide bonds. The average Bonchev–Trinajstić information content (AvgIpc) is 2.31. The van der Waals surface area contributed by atoms with Gasteiger partial charge in [0.1, 0.15) is 4.16 Å². The number of hydrogen-bond acceptors (Lipinski definition) is 2. The molecule has 0 aliphatic carbocycles. The van der Waals surface area contributed by atoms with Crippen molar-refractivity contribution in [1.82, 2.24) is 0 Å². The fourth-order valence-corrected chi connectivity index (χ4v) is 5.24. The van der Waals surface area contributed by atoms with E-state index < -0.39 is 14.0 Å². The van der Waals surface area contributed by atoms with Crippen molar-refractivity contribution in [3.63, 3.8) is 0 Å². The molecule has 2 atom stereocenters. The third-order valence-electron chi connectivity index (χ3n) is 2.58. The lowest BCUT2D eigenvalue weighted by molar-refractivity contribution is 0.594. The molecule has 2 nitrogen and oxygen atoms in total. The summed E-state index contributed by atoms with van der Waals surface area (Å²) in [4.78, 5) is -0.166. The Morgan fingerprint density at radius 3 is 2.60 bits per heavy atom. The van der Waals surface area contributed by atoms with Crippen molar-refractivity contribution in [3.8, 4) is 0 Å². The first-order chi connectivity index (χ1) is 7.02. The molecule has 1 heterocycles. The van der Waals surface area contributed by atoms with E-state index in [4.69, 9.17) is 0 Å². The summed E-state index contributed by atoms with van der Waals surface area (Å²) in [7, 11) is -3.05. The molecule has 5 heteroatoms. The molecular weight excluding hydrogens is 344 g/mol. The lowest BCUT2D eigenvalue weighted by Crippen LogP contribution is -2.20. The van der Waals surface area contributed by atoms with Crippen molar-refractivity contribution >= 4 is 41.7 Å². The van der Waals surface area contributed by atoms with Gasteiger partial charge >= 0.3 is 0 Å². The Morgan fingerprint density at radius 1 is 1.20 bits per heavy atom. The zero-order valence-corrected chi connectivity index (χ0v) is 11.8. The molecule has 0 saturated carbocycles. The van der Waals surface area contributed by atoms with Crippen LogP contribution in [0.5, 0.6) is 0 Å². The van der Waals surface area contributed by atoms with E-state index in [9.17, 15) is 8.42 Å². The highest BCUT2D eigenvalue weighted by atomic mass is 79.9. The van der Waals surface area contributed by atoms with Crippen LogP contribution in [0.2, 0.25) is 0 Å². The number of benzene rings is 1. The lowest BCUT2D eigenvalue weighted by atomic mass is 10.0. The second-order valence-corrected chi connectivity index (χ2v) is 8.39. The molecule has 0 aromatic heterocycles. The largest absolute Gasteiger partial charge is 0.228 e. The van der Waals surface area contributed by atoms with Crippen molar-refractivity contribution in [3.05, 3.63) is 35.4 Å². The fourth-order valence-electron chi connectivity index (χ4n) is 1.72. The normalized spacial score (nSPS) is 29.2. The molecule has 15 heavy (non-hydrogen) atoms. The maximum Gasteiger partial charge on any atom is 0.164 e. The van der Waals surface area contributed by atoms with E-state index in [1.165, 1.54) is 0 Å². The van der Waals surface area contributed by atoms with Gasteiger partial charge in [0, 0.05) is 0 Å². The molecule has 1 aromatic carbocycles. The predicted octanol–water partition coefficient (Wildman–Crippen LogP) is 2.81. The molecule has 2 rings (SSSR count). The molecule has 1 aromatic rings. The summed E-state index contributed by atoms with van der Waals surface area (Å²) in [5, 5.41) is 0. The second kappa shape index (κ2) is 4.18. The van der Waals surface area contributed by atoms with E-state index in [1.807, 2.05) is 24.3 Å². The number of fused-ring (bicyclic) bond motifs is 1. The van der Waals surface area contributed by atoms with Crippen molar-refractivity contribution in [2.75, 3.05) is 5.75 Å². The van der Waals surface area contributed by atoms with Gasteiger partial charge in [-0.3, -0.25) is 0 Å². The topological polar surface area (TPSA) is 34.1 Å². The zero-order chi connectivity index (χ0) is 11.1. The SMILES string of the molecule is O=S1(=O)CCc2ccccc2C(Br)C1Br. The molecular formula is C10H10Br2O2S. The fraction of sp³-hybridized carbons (Fsp3) is 0.400. The van der Waals surface area contributed by atoms with Gasteiger partial charge in [-0.05, 0) is 17.5 Å². The van der Waals surface area contributed by atoms with E-state index in [-0.39, 0.29) is 10.6 Å². The van der Waals surface area contributed by atoms with Crippen LogP contribution in [0.3, 0.4) is 0 Å². The van der Waals surface area contributed by atoms with Gasteiger partial charge in [0.2, 0.25) is 0 Å². The minimum Gasteiger partial charge on any atom is -0.228 e. The van der Waals surface area contributed by atoms with Crippen LogP contribution in [0.1, 0.15) is 16.0 Å². The first-order valence-corrected chi connectivity index (χ1v) is 8.14. The molecule has 2 unspecified atom stereocenters. The number of rotatable bonds is 0. The van der Waals surface area contributed by atoms with E-state index in [0.29, 0.717) is 6.42 Å². The quantitative estimate of drug-likeness (QED) is 0.672. The zero-order valence-electron chi connectivity index (χ0n) is 7.86. The highest BCUT2D eigenvalue weighted by Gasteiger charge is 2.34. The third kappa shape index (κ3) is 2.15. The van der Waals surface area contributed by atoms with Gasteiger partial charge < -0.3 is 0 Å². The Morgan fingerprint density at radius 2 is 1.87 bits per heavy atom. The smallest absolute Gasteiger partial charge is 0.164 e. The van der Waals surface area contributed by atoms with Crippen LogP contribution in [0, 0.1) is 0 Å². The van der Waals surface area contributed by atoms with Gasteiger partial charge in [0.15, 0.2) is 9.84 Å². The number of aryl methyl sites for hydroxylation is 1. The molecule has 0 spiro atoms. The van der Waals surface area contributed by atoms with Crippen molar-refractivity contribution in [2.45, 2.75) is 15.4 Å². The Bertz CT molecular complexity index is 470. The van der Waals surface area contributed by atoms with Crippen molar-refractivity contribution in [2.24, 2.45) is 0 Å². The van der Waals surface area contributed by atoms with Crippen LogP contribution in [-0.4, -0.2) is 18.3 Å². The monoisotopic (exact) mass is 352 g/mol. The molecule has 0 bridgehead atoms. The second-order valence-electron chi connectivity index (χ2n) is 3.57. The summed E-state index contributed by atoms with van der Waals surface area (Å²) in [5.41, 5.74) is 2.19. The first-order valence-electron chi connectivity index (χ1n) is 4.60. The highest BCUT2D eigenvalue weighted by molar-refractivity contribution is 9.13. The maximum absolute atomic E-state index is 11.8. The average molecular weight is 354 g/mol. The standard InChI is InChI=1S/C10H10Br2O2S/c11-9-8-4-2-1-3-7(8)5-6-15(13,14)10(9)12/h1-4,9-10H,5-6H2. The number of halogens is 2. The van der Waals surface area contributed by atoms with Crippen LogP contribution in [0.25, 0.3) is 0 Å². The van der Waals surface area contributed by atoms with Crippen LogP contribution in [0.15, 0.2) is 24.3 Å². The van der Waals surface area contributed by atoms with Crippen molar-refractivity contribution < 1.29 is 8.42 Å². The summed E-state index contributed by atoms with van der Waals surface area (Å²) >= 11 is 6.71. The minimum absolute atomic E-state index is 0.166. The predicted molar refractivity (Wildman–Crippen MR) is 68.3 cm³/mol. The van der Waals surface area contributed by atoms with E-state index in [1.54, 1.807) is 0 Å². The van der Waals surface area contributed by atoms with Gasteiger partial charge in [-0.2, -0.15) is 0 Å². The van der Waals surface area contributed by atoms with Gasteiger partial charge in [0.05, 0.1) is 10.6 Å². The van der Waals surface area contributed by atoms with E-state index in [2.05, 4.69) is 31.9 Å². The summed E-state index contributed by atoms with van der Waals surface area (Å²) in [6.07, 6.45) is 0.600. The van der Waals surface area contributed by atoms with Gasteiger partial charge in [-0.25, -0.2) is 8.42 Å². The molecule has 82 valence electrons. The van der Waals surface area contributed by atoms with Crippen molar-refractivity contribution in [1.29, 1.82) is 0 Å². The summed E-state index contributed by atoms with van der Waals surface area (Å²) < 4.78 is 23.1. The third-order valence-corrected chi connectivity index (χ3v) is 8.63. The Balaban J connectivity index is 2.53. The summed E-state index contributed by atoms with van der Waals surface area (Å²) in [6, 6.07) is 7.85. The van der Waals surface area contributed by atoms with Gasteiger partial charge in [-0.15, -0.1) is 0 Å². The Kier molecular flexibility index (Phi) is 3.24. The highest BCUT2D eigenvalue weighted by Crippen LogP contribution is 2.39. The molecule has 0 fully saturated rings. The number of sulfone groups is 1. The lowest BCUT2D eigenvalue weighted by Gasteiger charge is -2.14. The van der Waals surface area contributed by atoms with E-state index in [0.717, 1.165) is 11.1 Å². The summed E-state index contributed by atoms with van der Waals surface area (Å²) in [5.74, 6) is 0.210.